The fraction of sp³-hybridized carbons (Fsp3) is 0.273. The van der Waals surface area contributed by atoms with Crippen molar-refractivity contribution in [1.82, 2.24) is 0 Å². The van der Waals surface area contributed by atoms with E-state index in [0.29, 0.717) is 11.8 Å². The molecule has 0 spiro atoms. The molecule has 0 aliphatic carbocycles. The Morgan fingerprint density at radius 3 is 2.65 bits per heavy atom. The molecule has 0 radical (unpaired) electrons. The van der Waals surface area contributed by atoms with Crippen LogP contribution in [0.1, 0.15) is 23.2 Å². The number of carbonyl (C=O) groups is 2. The predicted octanol–water partition coefficient (Wildman–Crippen LogP) is 2.17. The Morgan fingerprint density at radius 2 is 2.06 bits per heavy atom. The van der Waals surface area contributed by atoms with E-state index in [9.17, 15) is 14.7 Å². The number of aromatic hydroxyl groups is 1. The maximum absolute atomic E-state index is 11.3. The third-order valence-corrected chi connectivity index (χ3v) is 2.51. The quantitative estimate of drug-likeness (QED) is 0.495. The summed E-state index contributed by atoms with van der Waals surface area (Å²) in [6.45, 7) is 0. The van der Waals surface area contributed by atoms with Crippen LogP contribution in [-0.2, 0) is 4.79 Å². The van der Waals surface area contributed by atoms with Gasteiger partial charge in [0.25, 0.3) is 0 Å². The Morgan fingerprint density at radius 1 is 1.35 bits per heavy atom. The van der Waals surface area contributed by atoms with Gasteiger partial charge in [-0.2, -0.15) is 0 Å². The number of esters is 1. The number of benzene rings is 1. The average molecular weight is 303 g/mol. The fourth-order valence-corrected chi connectivity index (χ4v) is 1.42. The Labute approximate surface area is 106 Å². The molecule has 5 nitrogen and oxygen atoms in total. The predicted molar refractivity (Wildman–Crippen MR) is 63.7 cm³/mol. The number of alkyl halides is 1. The van der Waals surface area contributed by atoms with Crippen LogP contribution >= 0.6 is 15.9 Å². The second-order valence-electron chi connectivity index (χ2n) is 3.25. The van der Waals surface area contributed by atoms with Crippen LogP contribution < -0.4 is 4.74 Å². The highest BCUT2D eigenvalue weighted by atomic mass is 79.9. The lowest BCUT2D eigenvalue weighted by atomic mass is 10.2. The third kappa shape index (κ3) is 4.07. The van der Waals surface area contributed by atoms with Gasteiger partial charge in [-0.3, -0.25) is 4.79 Å². The summed E-state index contributed by atoms with van der Waals surface area (Å²) in [4.78, 5) is 22.0. The Kier molecular flexibility index (Phi) is 4.96. The zero-order valence-corrected chi connectivity index (χ0v) is 10.4. The molecule has 0 unspecified atom stereocenters. The molecule has 0 atom stereocenters. The van der Waals surface area contributed by atoms with Gasteiger partial charge < -0.3 is 14.9 Å². The molecule has 0 saturated heterocycles. The maximum Gasteiger partial charge on any atom is 0.339 e. The number of aromatic carboxylic acids is 1. The first-order chi connectivity index (χ1) is 8.04. The smallest absolute Gasteiger partial charge is 0.339 e. The van der Waals surface area contributed by atoms with Crippen molar-refractivity contribution in [1.29, 1.82) is 0 Å². The van der Waals surface area contributed by atoms with Crippen molar-refractivity contribution >= 4 is 27.9 Å². The van der Waals surface area contributed by atoms with E-state index in [1.54, 1.807) is 0 Å². The van der Waals surface area contributed by atoms with E-state index >= 15 is 0 Å². The molecular formula is C11H11BrO5. The van der Waals surface area contributed by atoms with Crippen molar-refractivity contribution in [3.05, 3.63) is 23.8 Å². The van der Waals surface area contributed by atoms with Crippen LogP contribution in [0.15, 0.2) is 18.2 Å². The molecule has 0 amide bonds. The van der Waals surface area contributed by atoms with Gasteiger partial charge in [-0.25, -0.2) is 4.79 Å². The summed E-state index contributed by atoms with van der Waals surface area (Å²) in [5.41, 5.74) is -0.296. The van der Waals surface area contributed by atoms with E-state index in [2.05, 4.69) is 15.9 Å². The Hall–Kier alpha value is -1.56. The van der Waals surface area contributed by atoms with Crippen LogP contribution in [0.3, 0.4) is 0 Å². The van der Waals surface area contributed by atoms with E-state index in [1.165, 1.54) is 12.1 Å². The average Bonchev–Trinajstić information content (AvgIpc) is 2.28. The summed E-state index contributed by atoms with van der Waals surface area (Å²) >= 11 is 3.18. The molecule has 0 aliphatic rings. The zero-order valence-electron chi connectivity index (χ0n) is 8.85. The number of rotatable bonds is 5. The van der Waals surface area contributed by atoms with Gasteiger partial charge in [0.15, 0.2) is 0 Å². The topological polar surface area (TPSA) is 83.8 Å². The van der Waals surface area contributed by atoms with Crippen LogP contribution in [0.4, 0.5) is 0 Å². The van der Waals surface area contributed by atoms with E-state index in [-0.39, 0.29) is 23.5 Å². The minimum absolute atomic E-state index is 0.111. The standard InChI is InChI=1S/C11H11BrO5/c12-5-1-2-10(14)17-7-3-4-9(13)8(6-7)11(15)16/h3-4,6,13H,1-2,5H2,(H,15,16). The fourth-order valence-electron chi connectivity index (χ4n) is 1.14. The molecule has 92 valence electrons. The second kappa shape index (κ2) is 6.24. The molecule has 0 heterocycles. The second-order valence-corrected chi connectivity index (χ2v) is 4.04. The van der Waals surface area contributed by atoms with Gasteiger partial charge in [0.05, 0.1) is 0 Å². The van der Waals surface area contributed by atoms with Crippen molar-refractivity contribution in [2.75, 3.05) is 5.33 Å². The third-order valence-electron chi connectivity index (χ3n) is 1.94. The normalized spacial score (nSPS) is 9.94. The highest BCUT2D eigenvalue weighted by Gasteiger charge is 2.12. The van der Waals surface area contributed by atoms with E-state index < -0.39 is 11.9 Å². The summed E-state index contributed by atoms with van der Waals surface area (Å²) in [7, 11) is 0. The largest absolute Gasteiger partial charge is 0.507 e. The molecule has 6 heteroatoms. The number of hydrogen-bond donors (Lipinski definition) is 2. The van der Waals surface area contributed by atoms with Crippen LogP contribution in [0.5, 0.6) is 11.5 Å². The molecule has 2 N–H and O–H groups in total. The van der Waals surface area contributed by atoms with Crippen LogP contribution in [-0.4, -0.2) is 27.5 Å². The van der Waals surface area contributed by atoms with Crippen LogP contribution in [0.25, 0.3) is 0 Å². The van der Waals surface area contributed by atoms with Crippen molar-refractivity contribution in [2.24, 2.45) is 0 Å². The Bertz CT molecular complexity index is 430. The molecule has 0 aliphatic heterocycles. The first-order valence-corrected chi connectivity index (χ1v) is 5.99. The summed E-state index contributed by atoms with van der Waals surface area (Å²) in [6, 6.07) is 3.63. The summed E-state index contributed by atoms with van der Waals surface area (Å²) in [5, 5.41) is 18.7. The molecule has 17 heavy (non-hydrogen) atoms. The van der Waals surface area contributed by atoms with Gasteiger partial charge in [0, 0.05) is 11.8 Å². The Balaban J connectivity index is 2.75. The number of hydrogen-bond acceptors (Lipinski definition) is 4. The highest BCUT2D eigenvalue weighted by molar-refractivity contribution is 9.09. The molecule has 0 saturated carbocycles. The monoisotopic (exact) mass is 302 g/mol. The number of carboxylic acids is 1. The summed E-state index contributed by atoms with van der Waals surface area (Å²) in [6.07, 6.45) is 0.886. The van der Waals surface area contributed by atoms with Gasteiger partial charge in [-0.1, -0.05) is 15.9 Å². The van der Waals surface area contributed by atoms with Crippen molar-refractivity contribution in [3.8, 4) is 11.5 Å². The van der Waals surface area contributed by atoms with E-state index in [4.69, 9.17) is 9.84 Å². The lowest BCUT2D eigenvalue weighted by Gasteiger charge is -2.05. The number of ether oxygens (including phenoxy) is 1. The van der Waals surface area contributed by atoms with Crippen molar-refractivity contribution in [2.45, 2.75) is 12.8 Å². The zero-order chi connectivity index (χ0) is 12.8. The lowest BCUT2D eigenvalue weighted by molar-refractivity contribution is -0.134. The van der Waals surface area contributed by atoms with Crippen LogP contribution in [0, 0.1) is 0 Å². The van der Waals surface area contributed by atoms with E-state index in [0.717, 1.165) is 6.07 Å². The minimum atomic E-state index is -1.28. The lowest BCUT2D eigenvalue weighted by Crippen LogP contribution is -2.08. The molecular weight excluding hydrogens is 292 g/mol. The molecule has 0 aromatic heterocycles. The first kappa shape index (κ1) is 13.5. The van der Waals surface area contributed by atoms with Crippen molar-refractivity contribution in [3.63, 3.8) is 0 Å². The molecule has 0 bridgehead atoms. The summed E-state index contributed by atoms with van der Waals surface area (Å²) < 4.78 is 4.93. The van der Waals surface area contributed by atoms with Gasteiger partial charge in [-0.05, 0) is 24.6 Å². The van der Waals surface area contributed by atoms with Gasteiger partial charge in [0.2, 0.25) is 0 Å². The number of phenols is 1. The van der Waals surface area contributed by atoms with Gasteiger partial charge in [-0.15, -0.1) is 0 Å². The number of carboxylic acid groups (broad SMARTS) is 1. The first-order valence-electron chi connectivity index (χ1n) is 4.87. The number of halogens is 1. The summed E-state index contributed by atoms with van der Waals surface area (Å²) in [5.74, 6) is -1.97. The molecule has 0 fully saturated rings. The molecule has 1 aromatic carbocycles. The van der Waals surface area contributed by atoms with Gasteiger partial charge >= 0.3 is 11.9 Å². The molecule has 1 rings (SSSR count). The van der Waals surface area contributed by atoms with Gasteiger partial charge in [0.1, 0.15) is 17.1 Å². The van der Waals surface area contributed by atoms with Crippen LogP contribution in [0.2, 0.25) is 0 Å². The molecule has 1 aromatic rings. The van der Waals surface area contributed by atoms with Crippen molar-refractivity contribution < 1.29 is 24.5 Å². The number of carbonyl (C=O) groups excluding carboxylic acids is 1. The maximum atomic E-state index is 11.3. The van der Waals surface area contributed by atoms with E-state index in [1.807, 2.05) is 0 Å². The SMILES string of the molecule is O=C(CCCBr)Oc1ccc(O)c(C(=O)O)c1. The highest BCUT2D eigenvalue weighted by Crippen LogP contribution is 2.23. The minimum Gasteiger partial charge on any atom is -0.507 e.